The van der Waals surface area contributed by atoms with Gasteiger partial charge in [0.1, 0.15) is 0 Å². The quantitative estimate of drug-likeness (QED) is 0.906. The molecule has 0 heterocycles. The Hall–Kier alpha value is -3.33. The van der Waals surface area contributed by atoms with E-state index in [0.717, 1.165) is 5.56 Å². The summed E-state index contributed by atoms with van der Waals surface area (Å²) in [5.74, 6) is -0.178. The summed E-state index contributed by atoms with van der Waals surface area (Å²) >= 11 is 0. The fourth-order valence-corrected chi connectivity index (χ4v) is 2.12. The lowest BCUT2D eigenvalue weighted by molar-refractivity contribution is 0.0785. The molecule has 116 valence electrons. The van der Waals surface area contributed by atoms with Crippen LogP contribution in [0.3, 0.4) is 0 Å². The normalized spacial score (nSPS) is 9.74. The third kappa shape index (κ3) is 4.32. The second-order valence-corrected chi connectivity index (χ2v) is 5.04. The van der Waals surface area contributed by atoms with Gasteiger partial charge in [-0.1, -0.05) is 18.2 Å². The first-order valence-corrected chi connectivity index (χ1v) is 6.90. The molecule has 0 spiro atoms. The highest BCUT2D eigenvalue weighted by Gasteiger charge is 2.13. The molecule has 3 amide bonds. The second kappa shape index (κ2) is 7.09. The number of urea groups is 1. The molecule has 0 saturated carbocycles. The Morgan fingerprint density at radius 1 is 1.22 bits per heavy atom. The van der Waals surface area contributed by atoms with Crippen LogP contribution in [0.4, 0.5) is 10.5 Å². The lowest BCUT2D eigenvalue weighted by Gasteiger charge is -2.18. The van der Waals surface area contributed by atoms with Gasteiger partial charge in [0, 0.05) is 24.8 Å². The van der Waals surface area contributed by atoms with Gasteiger partial charge in [-0.05, 0) is 35.9 Å². The van der Waals surface area contributed by atoms with Crippen LogP contribution in [-0.4, -0.2) is 23.9 Å². The fourth-order valence-electron chi connectivity index (χ4n) is 2.12. The Bertz CT molecular complexity index is 763. The molecule has 23 heavy (non-hydrogen) atoms. The molecular formula is C17H16N4O2. The van der Waals surface area contributed by atoms with Crippen LogP contribution in [0.2, 0.25) is 0 Å². The van der Waals surface area contributed by atoms with Crippen LogP contribution in [-0.2, 0) is 6.54 Å². The topological polar surface area (TPSA) is 99.2 Å². The predicted octanol–water partition coefficient (Wildman–Crippen LogP) is 2.32. The molecule has 0 fully saturated rings. The predicted molar refractivity (Wildman–Crippen MR) is 86.6 cm³/mol. The van der Waals surface area contributed by atoms with Crippen molar-refractivity contribution in [1.29, 1.82) is 5.26 Å². The lowest BCUT2D eigenvalue weighted by atomic mass is 10.1. The monoisotopic (exact) mass is 308 g/mol. The number of carbonyl (C=O) groups excluding carboxylic acids is 2. The molecule has 0 bridgehead atoms. The van der Waals surface area contributed by atoms with Crippen molar-refractivity contribution in [1.82, 2.24) is 4.90 Å². The van der Waals surface area contributed by atoms with E-state index in [9.17, 15) is 9.59 Å². The van der Waals surface area contributed by atoms with Crippen LogP contribution in [0.1, 0.15) is 21.5 Å². The fraction of sp³-hybridized carbons (Fsp3) is 0.118. The number of carbonyl (C=O) groups is 2. The van der Waals surface area contributed by atoms with Crippen molar-refractivity contribution in [3.05, 3.63) is 65.2 Å². The van der Waals surface area contributed by atoms with Gasteiger partial charge < -0.3 is 16.0 Å². The third-order valence-electron chi connectivity index (χ3n) is 3.23. The Labute approximate surface area is 134 Å². The second-order valence-electron chi connectivity index (χ2n) is 5.04. The average molecular weight is 308 g/mol. The number of benzene rings is 2. The van der Waals surface area contributed by atoms with Crippen LogP contribution in [0.5, 0.6) is 0 Å². The molecule has 2 aromatic rings. The van der Waals surface area contributed by atoms with Crippen LogP contribution in [0, 0.1) is 11.3 Å². The van der Waals surface area contributed by atoms with Crippen LogP contribution < -0.4 is 11.1 Å². The van der Waals surface area contributed by atoms with Crippen molar-refractivity contribution in [3.8, 4) is 6.07 Å². The highest BCUT2D eigenvalue weighted by molar-refractivity contribution is 5.96. The standard InChI is InChI=1S/C17H16N4O2/c1-21(11-13-7-5-12(10-18)6-8-13)16(22)14-3-2-4-15(9-14)20-17(19)23/h2-9H,11H2,1H3,(H3,19,20,23). The molecule has 0 radical (unpaired) electrons. The van der Waals surface area contributed by atoms with E-state index in [4.69, 9.17) is 11.0 Å². The Morgan fingerprint density at radius 2 is 1.91 bits per heavy atom. The zero-order chi connectivity index (χ0) is 16.8. The van der Waals surface area contributed by atoms with Crippen LogP contribution >= 0.6 is 0 Å². The van der Waals surface area contributed by atoms with E-state index in [0.29, 0.717) is 23.4 Å². The molecule has 0 aromatic heterocycles. The third-order valence-corrected chi connectivity index (χ3v) is 3.23. The summed E-state index contributed by atoms with van der Waals surface area (Å²) in [6.07, 6.45) is 0. The maximum absolute atomic E-state index is 12.4. The van der Waals surface area contributed by atoms with Crippen molar-refractivity contribution in [2.75, 3.05) is 12.4 Å². The van der Waals surface area contributed by atoms with E-state index in [1.165, 1.54) is 0 Å². The van der Waals surface area contributed by atoms with Gasteiger partial charge in [0.25, 0.3) is 5.91 Å². The van der Waals surface area contributed by atoms with Crippen molar-refractivity contribution in [3.63, 3.8) is 0 Å². The van der Waals surface area contributed by atoms with Gasteiger partial charge in [-0.2, -0.15) is 5.26 Å². The summed E-state index contributed by atoms with van der Waals surface area (Å²) in [5, 5.41) is 11.2. The molecule has 0 atom stereocenters. The first-order chi connectivity index (χ1) is 11.0. The van der Waals surface area contributed by atoms with Crippen LogP contribution in [0.15, 0.2) is 48.5 Å². The average Bonchev–Trinajstić information content (AvgIpc) is 2.54. The summed E-state index contributed by atoms with van der Waals surface area (Å²) < 4.78 is 0. The molecule has 6 nitrogen and oxygen atoms in total. The number of primary amides is 1. The minimum atomic E-state index is -0.680. The molecular weight excluding hydrogens is 292 g/mol. The van der Waals surface area contributed by atoms with Gasteiger partial charge >= 0.3 is 6.03 Å². The molecule has 0 unspecified atom stereocenters. The molecule has 0 aliphatic rings. The Kier molecular flexibility index (Phi) is 4.95. The van der Waals surface area contributed by atoms with Crippen molar-refractivity contribution in [2.24, 2.45) is 5.73 Å². The molecule has 0 saturated heterocycles. The molecule has 2 aromatic carbocycles. The van der Waals surface area contributed by atoms with Crippen molar-refractivity contribution >= 4 is 17.6 Å². The highest BCUT2D eigenvalue weighted by atomic mass is 16.2. The summed E-state index contributed by atoms with van der Waals surface area (Å²) in [6.45, 7) is 0.415. The highest BCUT2D eigenvalue weighted by Crippen LogP contribution is 2.14. The summed E-state index contributed by atoms with van der Waals surface area (Å²) in [6, 6.07) is 15.0. The molecule has 6 heteroatoms. The summed E-state index contributed by atoms with van der Waals surface area (Å²) in [7, 11) is 1.69. The molecule has 3 N–H and O–H groups in total. The SMILES string of the molecule is CN(Cc1ccc(C#N)cc1)C(=O)c1cccc(NC(N)=O)c1. The smallest absolute Gasteiger partial charge is 0.316 e. The van der Waals surface area contributed by atoms with Gasteiger partial charge in [0.2, 0.25) is 0 Å². The van der Waals surface area contributed by atoms with E-state index >= 15 is 0 Å². The van der Waals surface area contributed by atoms with Gasteiger partial charge in [-0.15, -0.1) is 0 Å². The van der Waals surface area contributed by atoms with E-state index in [1.54, 1.807) is 48.3 Å². The number of nitrogens with one attached hydrogen (secondary N) is 1. The van der Waals surface area contributed by atoms with Gasteiger partial charge in [0.15, 0.2) is 0 Å². The maximum Gasteiger partial charge on any atom is 0.316 e. The number of nitrogens with zero attached hydrogens (tertiary/aromatic N) is 2. The lowest BCUT2D eigenvalue weighted by Crippen LogP contribution is -2.26. The number of amides is 3. The number of anilines is 1. The van der Waals surface area contributed by atoms with E-state index in [2.05, 4.69) is 11.4 Å². The number of hydrogen-bond acceptors (Lipinski definition) is 3. The Morgan fingerprint density at radius 3 is 2.52 bits per heavy atom. The minimum Gasteiger partial charge on any atom is -0.351 e. The van der Waals surface area contributed by atoms with E-state index < -0.39 is 6.03 Å². The number of nitriles is 1. The van der Waals surface area contributed by atoms with Crippen molar-refractivity contribution in [2.45, 2.75) is 6.54 Å². The maximum atomic E-state index is 12.4. The molecule has 0 aliphatic carbocycles. The number of nitrogens with two attached hydrogens (primary N) is 1. The minimum absolute atomic E-state index is 0.178. The summed E-state index contributed by atoms with van der Waals surface area (Å²) in [4.78, 5) is 24.9. The van der Waals surface area contributed by atoms with E-state index in [-0.39, 0.29) is 5.91 Å². The largest absolute Gasteiger partial charge is 0.351 e. The van der Waals surface area contributed by atoms with Gasteiger partial charge in [0.05, 0.1) is 11.6 Å². The zero-order valence-corrected chi connectivity index (χ0v) is 12.6. The van der Waals surface area contributed by atoms with Gasteiger partial charge in [-0.25, -0.2) is 4.79 Å². The van der Waals surface area contributed by atoms with E-state index in [1.807, 2.05) is 12.1 Å². The Balaban J connectivity index is 2.09. The first kappa shape index (κ1) is 16.0. The number of rotatable bonds is 4. The van der Waals surface area contributed by atoms with Crippen LogP contribution in [0.25, 0.3) is 0 Å². The van der Waals surface area contributed by atoms with Gasteiger partial charge in [-0.3, -0.25) is 4.79 Å². The summed E-state index contributed by atoms with van der Waals surface area (Å²) in [5.41, 5.74) is 7.49. The number of hydrogen-bond donors (Lipinski definition) is 2. The van der Waals surface area contributed by atoms with Crippen molar-refractivity contribution < 1.29 is 9.59 Å². The zero-order valence-electron chi connectivity index (χ0n) is 12.6. The molecule has 2 rings (SSSR count). The molecule has 0 aliphatic heterocycles. The first-order valence-electron chi connectivity index (χ1n) is 6.90.